The van der Waals surface area contributed by atoms with Gasteiger partial charge in [0.15, 0.2) is 0 Å². The smallest absolute Gasteiger partial charge is 0.100 e. The van der Waals surface area contributed by atoms with Crippen LogP contribution in [0, 0.1) is 20.8 Å². The van der Waals surface area contributed by atoms with E-state index in [1.54, 1.807) is 0 Å². The zero-order valence-electron chi connectivity index (χ0n) is 16.3. The molecule has 0 unspecified atom stereocenters. The molecular weight excluding hydrogens is 335 g/mol. The van der Waals surface area contributed by atoms with Crippen LogP contribution in [0.15, 0.2) is 72.8 Å². The van der Waals surface area contributed by atoms with Crippen molar-refractivity contribution in [2.24, 2.45) is 0 Å². The van der Waals surface area contributed by atoms with Gasteiger partial charge in [-0.2, -0.15) is 0 Å². The van der Waals surface area contributed by atoms with Crippen LogP contribution in [0.2, 0.25) is 0 Å². The molecule has 0 aliphatic heterocycles. The Balaban J connectivity index is 2.42. The maximum Gasteiger partial charge on any atom is 0.100 e. The Morgan fingerprint density at radius 3 is 0.962 bits per heavy atom. The predicted molar refractivity (Wildman–Crippen MR) is 113 cm³/mol. The number of benzene rings is 3. The normalized spacial score (nSPS) is 12.2. The van der Waals surface area contributed by atoms with Crippen molar-refractivity contribution in [3.63, 3.8) is 0 Å². The van der Waals surface area contributed by atoms with Crippen molar-refractivity contribution in [2.45, 2.75) is 25.9 Å². The Morgan fingerprint density at radius 1 is 0.538 bits per heavy atom. The van der Waals surface area contributed by atoms with E-state index in [9.17, 15) is 4.57 Å². The van der Waals surface area contributed by atoms with Crippen molar-refractivity contribution in [2.75, 3.05) is 13.3 Å². The quantitative estimate of drug-likeness (QED) is 0.381. The van der Waals surface area contributed by atoms with Crippen LogP contribution in [-0.4, -0.2) is 13.3 Å². The van der Waals surface area contributed by atoms with Gasteiger partial charge in [0.05, 0.1) is 5.16 Å². The van der Waals surface area contributed by atoms with E-state index in [1.807, 2.05) is 13.3 Å². The summed E-state index contributed by atoms with van der Waals surface area (Å²) in [4.78, 5) is 0. The Morgan fingerprint density at radius 2 is 0.769 bits per heavy atom. The van der Waals surface area contributed by atoms with Crippen LogP contribution in [0.3, 0.4) is 0 Å². The van der Waals surface area contributed by atoms with Crippen molar-refractivity contribution in [3.8, 4) is 0 Å². The highest BCUT2D eigenvalue weighted by Gasteiger charge is 2.46. The van der Waals surface area contributed by atoms with E-state index in [0.29, 0.717) is 0 Å². The van der Waals surface area contributed by atoms with E-state index in [1.165, 1.54) is 16.7 Å². The van der Waals surface area contributed by atoms with E-state index < -0.39 is 12.3 Å². The third-order valence-corrected chi connectivity index (χ3v) is 7.61. The van der Waals surface area contributed by atoms with Crippen LogP contribution in [0.4, 0.5) is 0 Å². The second-order valence-electron chi connectivity index (χ2n) is 7.66. The minimum Gasteiger partial charge on any atom is -0.323 e. The monoisotopic (exact) mass is 362 g/mol. The molecule has 0 aliphatic rings. The molecule has 0 atom stereocenters. The molecule has 0 radical (unpaired) electrons. The summed E-state index contributed by atoms with van der Waals surface area (Å²) >= 11 is 0. The summed E-state index contributed by atoms with van der Waals surface area (Å²) in [5.41, 5.74) is 6.88. The summed E-state index contributed by atoms with van der Waals surface area (Å²) in [5.74, 6) is 0. The van der Waals surface area contributed by atoms with Gasteiger partial charge in [-0.1, -0.05) is 89.5 Å². The first-order valence-corrected chi connectivity index (χ1v) is 11.6. The second-order valence-corrected chi connectivity index (χ2v) is 11.0. The topological polar surface area (TPSA) is 17.1 Å². The van der Waals surface area contributed by atoms with E-state index >= 15 is 0 Å². The lowest BCUT2D eigenvalue weighted by molar-refractivity contribution is 0.566. The van der Waals surface area contributed by atoms with Crippen LogP contribution in [-0.2, 0) is 9.72 Å². The number of hydrogen-bond acceptors (Lipinski definition) is 1. The van der Waals surface area contributed by atoms with Crippen molar-refractivity contribution >= 4 is 7.14 Å². The van der Waals surface area contributed by atoms with Gasteiger partial charge in [-0.25, -0.2) is 0 Å². The molecule has 0 aliphatic carbocycles. The number of hydrogen-bond donors (Lipinski definition) is 0. The minimum atomic E-state index is -2.62. The largest absolute Gasteiger partial charge is 0.323 e. The first kappa shape index (κ1) is 18.7. The van der Waals surface area contributed by atoms with Gasteiger partial charge in [0.1, 0.15) is 7.14 Å². The van der Waals surface area contributed by atoms with E-state index in [4.69, 9.17) is 0 Å². The Hall–Kier alpha value is -2.11. The van der Waals surface area contributed by atoms with Crippen LogP contribution in [0.5, 0.6) is 0 Å². The molecule has 2 heteroatoms. The van der Waals surface area contributed by atoms with Crippen LogP contribution >= 0.6 is 7.14 Å². The zero-order valence-corrected chi connectivity index (χ0v) is 17.2. The van der Waals surface area contributed by atoms with E-state index in [-0.39, 0.29) is 0 Å². The van der Waals surface area contributed by atoms with Gasteiger partial charge in [0.2, 0.25) is 0 Å². The molecule has 3 aromatic rings. The number of rotatable bonds is 4. The molecule has 0 bridgehead atoms. The first-order valence-electron chi connectivity index (χ1n) is 9.01. The summed E-state index contributed by atoms with van der Waals surface area (Å²) in [6.07, 6.45) is 0. The Bertz CT molecular complexity index is 818. The van der Waals surface area contributed by atoms with Crippen LogP contribution in [0.25, 0.3) is 0 Å². The van der Waals surface area contributed by atoms with E-state index in [2.05, 4.69) is 93.6 Å². The molecular formula is C24H27OP. The summed E-state index contributed by atoms with van der Waals surface area (Å²) in [5, 5.41) is -0.651. The Labute approximate surface area is 157 Å². The molecule has 0 aromatic heterocycles. The van der Waals surface area contributed by atoms with Crippen molar-refractivity contribution in [3.05, 3.63) is 106 Å². The van der Waals surface area contributed by atoms with Gasteiger partial charge >= 0.3 is 0 Å². The van der Waals surface area contributed by atoms with Crippen LogP contribution in [0.1, 0.15) is 33.4 Å². The fraction of sp³-hybridized carbons (Fsp3) is 0.250. The van der Waals surface area contributed by atoms with Crippen LogP contribution < -0.4 is 0 Å². The van der Waals surface area contributed by atoms with Gasteiger partial charge in [0.25, 0.3) is 0 Å². The zero-order chi connectivity index (χ0) is 18.9. The first-order chi connectivity index (χ1) is 12.2. The lowest BCUT2D eigenvalue weighted by Gasteiger charge is -2.39. The highest BCUT2D eigenvalue weighted by Crippen LogP contribution is 2.64. The third kappa shape index (κ3) is 3.17. The third-order valence-electron chi connectivity index (χ3n) is 5.22. The average molecular weight is 362 g/mol. The lowest BCUT2D eigenvalue weighted by Crippen LogP contribution is -2.29. The van der Waals surface area contributed by atoms with E-state index in [0.717, 1.165) is 16.7 Å². The average Bonchev–Trinajstić information content (AvgIpc) is 2.59. The van der Waals surface area contributed by atoms with Gasteiger partial charge in [-0.05, 0) is 50.8 Å². The SMILES string of the molecule is Cc1ccc(C(c2ccc(C)cc2)(c2ccc(C)cc2)P(C)(C)=O)cc1. The van der Waals surface area contributed by atoms with Crippen molar-refractivity contribution in [1.29, 1.82) is 0 Å². The summed E-state index contributed by atoms with van der Waals surface area (Å²) in [6, 6.07) is 25.5. The standard InChI is InChI=1S/C24H27OP/c1-18-6-12-21(13-7-18)24(26(4,5)25,22-14-8-19(2)9-15-22)23-16-10-20(3)11-17-23/h6-17H,1-5H3. The molecule has 0 saturated carbocycles. The molecule has 1 nitrogen and oxygen atoms in total. The fourth-order valence-corrected chi connectivity index (χ4v) is 6.13. The molecule has 0 spiro atoms. The fourth-order valence-electron chi connectivity index (χ4n) is 3.82. The molecule has 0 saturated heterocycles. The van der Waals surface area contributed by atoms with Gasteiger partial charge in [-0.15, -0.1) is 0 Å². The molecule has 3 aromatic carbocycles. The summed E-state index contributed by atoms with van der Waals surface area (Å²) < 4.78 is 13.9. The van der Waals surface area contributed by atoms with Crippen molar-refractivity contribution in [1.82, 2.24) is 0 Å². The van der Waals surface area contributed by atoms with Gasteiger partial charge in [-0.3, -0.25) is 0 Å². The second kappa shape index (κ2) is 6.89. The Kier molecular flexibility index (Phi) is 4.95. The molecule has 26 heavy (non-hydrogen) atoms. The molecule has 0 amide bonds. The minimum absolute atomic E-state index is 0.651. The summed E-state index contributed by atoms with van der Waals surface area (Å²) in [6.45, 7) is 10.1. The maximum atomic E-state index is 13.9. The predicted octanol–water partition coefficient (Wildman–Crippen LogP) is 6.53. The molecule has 0 heterocycles. The highest BCUT2D eigenvalue weighted by atomic mass is 31.2. The molecule has 3 rings (SSSR count). The molecule has 0 fully saturated rings. The highest BCUT2D eigenvalue weighted by molar-refractivity contribution is 7.64. The molecule has 134 valence electrons. The molecule has 0 N–H and O–H groups in total. The van der Waals surface area contributed by atoms with Gasteiger partial charge in [0, 0.05) is 0 Å². The van der Waals surface area contributed by atoms with Crippen molar-refractivity contribution < 1.29 is 4.57 Å². The van der Waals surface area contributed by atoms with Gasteiger partial charge < -0.3 is 4.57 Å². The maximum absolute atomic E-state index is 13.9. The lowest BCUT2D eigenvalue weighted by atomic mass is 9.83. The number of aryl methyl sites for hydroxylation is 3. The summed E-state index contributed by atoms with van der Waals surface area (Å²) in [7, 11) is -2.62.